The van der Waals surface area contributed by atoms with Gasteiger partial charge < -0.3 is 9.73 Å². The van der Waals surface area contributed by atoms with Crippen molar-refractivity contribution in [3.8, 4) is 78.7 Å². The maximum absolute atomic E-state index is 13.5. The molecule has 2 aromatic heterocycles. The molecule has 10 rings (SSSR count). The highest BCUT2D eigenvalue weighted by atomic mass is 16.3. The van der Waals surface area contributed by atoms with Crippen LogP contribution in [0.5, 0.6) is 0 Å². The van der Waals surface area contributed by atoms with E-state index in [0.29, 0.717) is 28.5 Å². The Balaban J connectivity index is 0.976. The molecule has 6 heteroatoms. The molecule has 284 valence electrons. The molecule has 0 radical (unpaired) electrons. The van der Waals surface area contributed by atoms with Gasteiger partial charge in [0.25, 0.3) is 5.91 Å². The van der Waals surface area contributed by atoms with Gasteiger partial charge in [0.05, 0.1) is 11.4 Å². The van der Waals surface area contributed by atoms with Crippen LogP contribution in [0.1, 0.15) is 10.4 Å². The molecule has 0 aliphatic rings. The third-order valence-corrected chi connectivity index (χ3v) is 10.6. The Morgan fingerprint density at radius 2 is 0.900 bits per heavy atom. The molecule has 1 N–H and O–H groups in total. The first-order valence-corrected chi connectivity index (χ1v) is 19.8. The monoisotopic (exact) mass is 772 g/mol. The molecule has 60 heavy (non-hydrogen) atoms. The van der Waals surface area contributed by atoms with Crippen LogP contribution in [0.3, 0.4) is 0 Å². The maximum atomic E-state index is 13.5. The number of nitrogens with one attached hydrogen (secondary N) is 1. The van der Waals surface area contributed by atoms with Crippen LogP contribution in [-0.4, -0.2) is 20.9 Å². The number of rotatable bonds is 9. The number of carbonyl (C=O) groups is 1. The van der Waals surface area contributed by atoms with Crippen molar-refractivity contribution in [2.45, 2.75) is 0 Å². The average Bonchev–Trinajstić information content (AvgIpc) is 3.78. The predicted molar refractivity (Wildman–Crippen MR) is 242 cm³/mol. The van der Waals surface area contributed by atoms with Gasteiger partial charge in [0.15, 0.2) is 11.4 Å². The second kappa shape index (κ2) is 16.0. The van der Waals surface area contributed by atoms with Gasteiger partial charge in [0, 0.05) is 44.6 Å². The molecule has 0 aliphatic carbocycles. The molecule has 0 spiro atoms. The molecule has 0 saturated carbocycles. The van der Waals surface area contributed by atoms with E-state index in [1.165, 1.54) is 0 Å². The molecule has 2 heterocycles. The molecule has 0 aliphatic heterocycles. The Kier molecular flexibility index (Phi) is 9.62. The van der Waals surface area contributed by atoms with E-state index in [4.69, 9.17) is 19.4 Å². The number of aromatic nitrogens is 3. The van der Waals surface area contributed by atoms with Gasteiger partial charge in [-0.05, 0) is 70.8 Å². The fraction of sp³-hybridized carbons (Fsp3) is 0. The number of hydrogen-bond donors (Lipinski definition) is 1. The topological polar surface area (TPSA) is 80.9 Å². The van der Waals surface area contributed by atoms with E-state index < -0.39 is 0 Å². The highest BCUT2D eigenvalue weighted by Gasteiger charge is 2.18. The lowest BCUT2D eigenvalue weighted by atomic mass is 9.95. The van der Waals surface area contributed by atoms with E-state index in [-0.39, 0.29) is 5.91 Å². The summed E-state index contributed by atoms with van der Waals surface area (Å²) < 4.78 is 6.25. The first kappa shape index (κ1) is 36.1. The first-order chi connectivity index (χ1) is 29.6. The van der Waals surface area contributed by atoms with Gasteiger partial charge in [0.2, 0.25) is 5.89 Å². The van der Waals surface area contributed by atoms with Gasteiger partial charge in [-0.2, -0.15) is 0 Å². The van der Waals surface area contributed by atoms with Gasteiger partial charge >= 0.3 is 0 Å². The molecule has 0 fully saturated rings. The Hall–Kier alpha value is -8.22. The smallest absolute Gasteiger partial charge is 0.255 e. The van der Waals surface area contributed by atoms with Crippen LogP contribution in [0, 0.1) is 0 Å². The lowest BCUT2D eigenvalue weighted by Crippen LogP contribution is -2.12. The molecular weight excluding hydrogens is 737 g/mol. The van der Waals surface area contributed by atoms with Gasteiger partial charge in [-0.3, -0.25) is 4.79 Å². The molecule has 8 aromatic carbocycles. The lowest BCUT2D eigenvalue weighted by molar-refractivity contribution is 0.102. The molecule has 0 unspecified atom stereocenters. The summed E-state index contributed by atoms with van der Waals surface area (Å²) in [4.78, 5) is 28.4. The normalized spacial score (nSPS) is 11.1. The van der Waals surface area contributed by atoms with Crippen molar-refractivity contribution in [1.29, 1.82) is 0 Å². The van der Waals surface area contributed by atoms with E-state index in [0.717, 1.165) is 72.5 Å². The molecule has 1 amide bonds. The fourth-order valence-electron chi connectivity index (χ4n) is 7.47. The standard InChI is InChI=1S/C54H36N4O2/c59-53(42-18-9-3-10-19-42)57-47-33-32-44(34-46(47)45-22-13-23-50-51(45)58-54(60-50)43-20-11-4-12-21-43)38-26-24-36(25-27-38)37-28-30-40(31-29-37)49-35-48(39-14-5-1-6-15-39)55-52(56-49)41-16-7-2-8-17-41/h1-35H,(H,57,59). The van der Waals surface area contributed by atoms with Crippen LogP contribution >= 0.6 is 0 Å². The second-order valence-electron chi connectivity index (χ2n) is 14.5. The van der Waals surface area contributed by atoms with Gasteiger partial charge in [-0.1, -0.05) is 164 Å². The number of para-hydroxylation sites is 1. The number of fused-ring (bicyclic) bond motifs is 1. The number of anilines is 1. The summed E-state index contributed by atoms with van der Waals surface area (Å²) in [7, 11) is 0. The highest BCUT2D eigenvalue weighted by Crippen LogP contribution is 2.39. The van der Waals surface area contributed by atoms with Crippen LogP contribution in [-0.2, 0) is 0 Å². The summed E-state index contributed by atoms with van der Waals surface area (Å²) in [5.41, 5.74) is 14.2. The average molecular weight is 773 g/mol. The number of oxazole rings is 1. The minimum absolute atomic E-state index is 0.190. The van der Waals surface area contributed by atoms with Crippen LogP contribution in [0.25, 0.3) is 89.8 Å². The van der Waals surface area contributed by atoms with E-state index in [1.807, 2.05) is 140 Å². The van der Waals surface area contributed by atoms with Crippen molar-refractivity contribution in [3.63, 3.8) is 0 Å². The SMILES string of the molecule is O=C(Nc1ccc(-c2ccc(-c3ccc(-c4cc(-c5ccccc5)nc(-c5ccccc5)n4)cc3)cc2)cc1-c1cccc2oc(-c3ccccc3)nc12)c1ccccc1. The van der Waals surface area contributed by atoms with E-state index in [1.54, 1.807) is 0 Å². The third kappa shape index (κ3) is 7.37. The van der Waals surface area contributed by atoms with Crippen LogP contribution in [0.15, 0.2) is 217 Å². The summed E-state index contributed by atoms with van der Waals surface area (Å²) in [5, 5.41) is 3.17. The van der Waals surface area contributed by atoms with E-state index >= 15 is 0 Å². The Morgan fingerprint density at radius 3 is 1.52 bits per heavy atom. The minimum Gasteiger partial charge on any atom is -0.436 e. The molecule has 10 aromatic rings. The summed E-state index contributed by atoms with van der Waals surface area (Å²) in [6.07, 6.45) is 0. The molecule has 0 saturated heterocycles. The number of carbonyl (C=O) groups excluding carboxylic acids is 1. The molecule has 0 atom stereocenters. The molecular formula is C54H36N4O2. The van der Waals surface area contributed by atoms with Gasteiger partial charge in [-0.25, -0.2) is 15.0 Å². The van der Waals surface area contributed by atoms with Crippen molar-refractivity contribution in [1.82, 2.24) is 15.0 Å². The van der Waals surface area contributed by atoms with Gasteiger partial charge in [-0.15, -0.1) is 0 Å². The van der Waals surface area contributed by atoms with Crippen LogP contribution in [0.2, 0.25) is 0 Å². The van der Waals surface area contributed by atoms with Crippen molar-refractivity contribution in [3.05, 3.63) is 218 Å². The second-order valence-corrected chi connectivity index (χ2v) is 14.5. The lowest BCUT2D eigenvalue weighted by Gasteiger charge is -2.15. The number of nitrogens with zero attached hydrogens (tertiary/aromatic N) is 3. The zero-order valence-corrected chi connectivity index (χ0v) is 32.4. The third-order valence-electron chi connectivity index (χ3n) is 10.6. The Morgan fingerprint density at radius 1 is 0.400 bits per heavy atom. The van der Waals surface area contributed by atoms with Crippen molar-refractivity contribution < 1.29 is 9.21 Å². The zero-order valence-electron chi connectivity index (χ0n) is 32.4. The molecule has 0 bridgehead atoms. The quantitative estimate of drug-likeness (QED) is 0.158. The summed E-state index contributed by atoms with van der Waals surface area (Å²) in [6, 6.07) is 70.6. The number of hydrogen-bond acceptors (Lipinski definition) is 5. The zero-order chi connectivity index (χ0) is 40.3. The van der Waals surface area contributed by atoms with Crippen molar-refractivity contribution in [2.75, 3.05) is 5.32 Å². The van der Waals surface area contributed by atoms with Crippen LogP contribution < -0.4 is 5.32 Å². The summed E-state index contributed by atoms with van der Waals surface area (Å²) in [6.45, 7) is 0. The largest absolute Gasteiger partial charge is 0.436 e. The first-order valence-electron chi connectivity index (χ1n) is 19.8. The Bertz CT molecular complexity index is 3040. The number of benzene rings is 8. The molecule has 6 nitrogen and oxygen atoms in total. The fourth-order valence-corrected chi connectivity index (χ4v) is 7.47. The minimum atomic E-state index is -0.190. The highest BCUT2D eigenvalue weighted by molar-refractivity contribution is 6.08. The van der Waals surface area contributed by atoms with E-state index in [2.05, 4.69) is 78.1 Å². The van der Waals surface area contributed by atoms with Crippen molar-refractivity contribution >= 4 is 22.7 Å². The number of amides is 1. The Labute approximate surface area is 347 Å². The maximum Gasteiger partial charge on any atom is 0.255 e. The van der Waals surface area contributed by atoms with E-state index in [9.17, 15) is 4.79 Å². The predicted octanol–water partition coefficient (Wildman–Crippen LogP) is 13.5. The van der Waals surface area contributed by atoms with Crippen molar-refractivity contribution in [2.24, 2.45) is 0 Å². The van der Waals surface area contributed by atoms with Gasteiger partial charge in [0.1, 0.15) is 5.52 Å². The summed E-state index contributed by atoms with van der Waals surface area (Å²) in [5.74, 6) is 1.04. The summed E-state index contributed by atoms with van der Waals surface area (Å²) >= 11 is 0. The van der Waals surface area contributed by atoms with Crippen LogP contribution in [0.4, 0.5) is 5.69 Å².